The number of amides is 2. The first-order valence-electron chi connectivity index (χ1n) is 12.4. The van der Waals surface area contributed by atoms with Gasteiger partial charge in [-0.15, -0.1) is 0 Å². The minimum atomic E-state index is -2.37. The van der Waals surface area contributed by atoms with Crippen LogP contribution in [-0.4, -0.2) is 49.9 Å². The van der Waals surface area contributed by atoms with Gasteiger partial charge in [-0.05, 0) is 84.7 Å². The molecule has 0 bridgehead atoms. The molecule has 8 nitrogen and oxygen atoms in total. The van der Waals surface area contributed by atoms with Crippen molar-refractivity contribution in [2.24, 2.45) is 11.8 Å². The Morgan fingerprint density at radius 3 is 2.05 bits per heavy atom. The number of benzene rings is 2. The molecule has 10 heteroatoms. The second-order valence-electron chi connectivity index (χ2n) is 10.1. The molecule has 0 aliphatic rings. The van der Waals surface area contributed by atoms with E-state index in [4.69, 9.17) is 0 Å². The molecule has 38 heavy (non-hydrogen) atoms. The zero-order chi connectivity index (χ0) is 28.6. The normalized spacial score (nSPS) is 13.6. The van der Waals surface area contributed by atoms with Crippen LogP contribution in [-0.2, 0) is 14.4 Å². The number of nitrogens with one attached hydrogen (secondary N) is 1. The molecule has 2 amide bonds. The number of carboxylic acids is 2. The molecule has 0 fully saturated rings. The lowest BCUT2D eigenvalue weighted by molar-refractivity contribution is -0.157. The smallest absolute Gasteiger partial charge is 0.340 e. The molecule has 0 saturated carbocycles. The fourth-order valence-corrected chi connectivity index (χ4v) is 6.28. The summed E-state index contributed by atoms with van der Waals surface area (Å²) >= 11 is 0. The Hall–Kier alpha value is -2.98. The highest BCUT2D eigenvalue weighted by Crippen LogP contribution is 2.42. The van der Waals surface area contributed by atoms with E-state index in [1.165, 1.54) is 0 Å². The third kappa shape index (κ3) is 7.77. The van der Waals surface area contributed by atoms with Crippen LogP contribution < -0.4 is 5.32 Å². The summed E-state index contributed by atoms with van der Waals surface area (Å²) in [6.07, 6.45) is -0.115. The van der Waals surface area contributed by atoms with E-state index in [9.17, 15) is 29.4 Å². The Kier molecular flexibility index (Phi) is 11.3. The molecule has 0 aliphatic carbocycles. The largest absolute Gasteiger partial charge is 0.480 e. The van der Waals surface area contributed by atoms with Crippen molar-refractivity contribution in [2.45, 2.75) is 70.9 Å². The fourth-order valence-electron chi connectivity index (χ4n) is 3.92. The summed E-state index contributed by atoms with van der Waals surface area (Å²) in [5.41, 5.74) is -0.342. The Morgan fingerprint density at radius 1 is 0.921 bits per heavy atom. The van der Waals surface area contributed by atoms with Crippen LogP contribution in [0.15, 0.2) is 53.4 Å². The number of carboxylic acid groups (broad SMARTS) is 2. The van der Waals surface area contributed by atoms with Gasteiger partial charge in [-0.1, -0.05) is 52.0 Å². The van der Waals surface area contributed by atoms with Gasteiger partial charge in [0, 0.05) is 21.4 Å². The second-order valence-corrected chi connectivity index (χ2v) is 12.2. The average Bonchev–Trinajstić information content (AvgIpc) is 2.84. The topological polar surface area (TPSA) is 124 Å². The maximum absolute atomic E-state index is 14.0. The molecule has 0 heterocycles. The zero-order valence-corrected chi connectivity index (χ0v) is 24.2. The highest BCUT2D eigenvalue weighted by Gasteiger charge is 2.55. The van der Waals surface area contributed by atoms with Gasteiger partial charge in [-0.25, -0.2) is 13.9 Å². The van der Waals surface area contributed by atoms with Crippen molar-refractivity contribution in [3.05, 3.63) is 65.2 Å². The number of aliphatic carboxylic acids is 2. The molecule has 3 N–H and O–H groups in total. The van der Waals surface area contributed by atoms with Crippen LogP contribution in [0.1, 0.15) is 62.0 Å². The summed E-state index contributed by atoms with van der Waals surface area (Å²) in [5.74, 6) is -4.88. The summed E-state index contributed by atoms with van der Waals surface area (Å²) in [6, 6.07) is 12.8. The lowest BCUT2D eigenvalue weighted by Crippen LogP contribution is -2.65. The Labute approximate surface area is 232 Å². The predicted molar refractivity (Wildman–Crippen MR) is 151 cm³/mol. The third-order valence-corrected chi connectivity index (χ3v) is 8.39. The van der Waals surface area contributed by atoms with E-state index in [-0.39, 0.29) is 30.2 Å². The van der Waals surface area contributed by atoms with E-state index in [0.29, 0.717) is 0 Å². The van der Waals surface area contributed by atoms with Crippen LogP contribution in [0.5, 0.6) is 0 Å². The van der Waals surface area contributed by atoms with Crippen LogP contribution in [0.2, 0.25) is 0 Å². The molecule has 0 aliphatic heterocycles. The maximum Gasteiger partial charge on any atom is 0.340 e. The van der Waals surface area contributed by atoms with Crippen molar-refractivity contribution in [1.82, 2.24) is 9.62 Å². The number of aryl methyl sites for hydroxylation is 2. The number of rotatable bonds is 13. The molecule has 0 aromatic heterocycles. The van der Waals surface area contributed by atoms with Crippen molar-refractivity contribution >= 4 is 45.5 Å². The summed E-state index contributed by atoms with van der Waals surface area (Å²) in [4.78, 5) is 53.6. The quantitative estimate of drug-likeness (QED) is 0.165. The molecule has 0 radical (unpaired) electrons. The predicted octanol–water partition coefficient (Wildman–Crippen LogP) is 5.59. The number of nitrogens with zero attached hydrogens (tertiary/aromatic N) is 1. The molecule has 0 saturated heterocycles. The highest BCUT2D eigenvalue weighted by atomic mass is 33.1. The van der Waals surface area contributed by atoms with Crippen LogP contribution in [0.3, 0.4) is 0 Å². The number of hydrogen-bond acceptors (Lipinski definition) is 6. The van der Waals surface area contributed by atoms with Crippen molar-refractivity contribution in [2.75, 3.05) is 0 Å². The number of carbonyl (C=O) groups excluding carboxylic acids is 2. The first-order valence-corrected chi connectivity index (χ1v) is 14.5. The number of hydrogen-bond donors (Lipinski definition) is 3. The lowest BCUT2D eigenvalue weighted by Gasteiger charge is -2.39. The maximum atomic E-state index is 14.0. The van der Waals surface area contributed by atoms with Gasteiger partial charge in [-0.2, -0.15) is 0 Å². The second kappa shape index (κ2) is 13.7. The molecule has 2 unspecified atom stereocenters. The van der Waals surface area contributed by atoms with Crippen molar-refractivity contribution in [3.63, 3.8) is 0 Å². The first kappa shape index (κ1) is 31.2. The molecule has 206 valence electrons. The van der Waals surface area contributed by atoms with E-state index in [1.807, 2.05) is 58.0 Å². The first-order chi connectivity index (χ1) is 17.8. The minimum Gasteiger partial charge on any atom is -0.480 e. The number of carbonyl (C=O) groups is 4. The summed E-state index contributed by atoms with van der Waals surface area (Å²) in [7, 11) is 2.00. The molecule has 2 rings (SSSR count). The van der Waals surface area contributed by atoms with Crippen molar-refractivity contribution in [3.8, 4) is 0 Å². The van der Waals surface area contributed by atoms with Gasteiger partial charge in [-0.3, -0.25) is 9.59 Å². The van der Waals surface area contributed by atoms with E-state index < -0.39 is 35.3 Å². The molecule has 2 aromatic rings. The van der Waals surface area contributed by atoms with Crippen LogP contribution in [0, 0.1) is 25.7 Å². The van der Waals surface area contributed by atoms with E-state index in [1.54, 1.807) is 32.0 Å². The van der Waals surface area contributed by atoms with Crippen molar-refractivity contribution < 1.29 is 29.4 Å². The highest BCUT2D eigenvalue weighted by molar-refractivity contribution is 8.76. The monoisotopic (exact) mass is 560 g/mol. The van der Waals surface area contributed by atoms with E-state index >= 15 is 0 Å². The Balaban J connectivity index is 2.68. The molecular weight excluding hydrogens is 524 g/mol. The third-order valence-electron chi connectivity index (χ3n) is 5.98. The molecule has 2 aromatic carbocycles. The van der Waals surface area contributed by atoms with Crippen LogP contribution >= 0.6 is 21.8 Å². The fraction of sp³-hybridized carbons (Fsp3) is 0.429. The SMILES string of the molecule is Cc1ccc(C(=O)N(SSc2ccccc2)C(CC(C)C)(C(=O)O)C(=O)NC(CC(C)C)C(=O)O)cc1C. The minimum absolute atomic E-state index is 0.0722. The van der Waals surface area contributed by atoms with Gasteiger partial charge in [0.2, 0.25) is 5.54 Å². The van der Waals surface area contributed by atoms with Crippen LogP contribution in [0.4, 0.5) is 0 Å². The van der Waals surface area contributed by atoms with Crippen molar-refractivity contribution in [1.29, 1.82) is 0 Å². The molecule has 0 spiro atoms. The summed E-state index contributed by atoms with van der Waals surface area (Å²) < 4.78 is 1.00. The van der Waals surface area contributed by atoms with E-state index in [0.717, 1.165) is 42.1 Å². The summed E-state index contributed by atoms with van der Waals surface area (Å²) in [6.45, 7) is 10.9. The van der Waals surface area contributed by atoms with Gasteiger partial charge < -0.3 is 15.5 Å². The van der Waals surface area contributed by atoms with Crippen LogP contribution in [0.25, 0.3) is 0 Å². The lowest BCUT2D eigenvalue weighted by atomic mass is 9.86. The molecule has 2 atom stereocenters. The van der Waals surface area contributed by atoms with Gasteiger partial charge in [0.15, 0.2) is 0 Å². The molecular formula is C28H36N2O6S2. The van der Waals surface area contributed by atoms with Gasteiger partial charge in [0.05, 0.1) is 0 Å². The Morgan fingerprint density at radius 2 is 1.55 bits per heavy atom. The van der Waals surface area contributed by atoms with Gasteiger partial charge >= 0.3 is 11.9 Å². The standard InChI is InChI=1S/C28H36N2O6S2/c1-17(2)14-23(25(32)33)29-26(34)28(27(35)36,16-18(3)4)30(38-37-22-10-8-7-9-11-22)24(31)21-13-12-19(5)20(6)15-21/h7-13,15,17-18,23H,14,16H2,1-6H3,(H,29,34)(H,32,33)(H,35,36). The summed E-state index contributed by atoms with van der Waals surface area (Å²) in [5, 5.41) is 22.8. The Bertz CT molecular complexity index is 1160. The van der Waals surface area contributed by atoms with E-state index in [2.05, 4.69) is 5.32 Å². The van der Waals surface area contributed by atoms with Gasteiger partial charge in [0.25, 0.3) is 11.8 Å². The zero-order valence-electron chi connectivity index (χ0n) is 22.6. The van der Waals surface area contributed by atoms with Gasteiger partial charge in [0.1, 0.15) is 6.04 Å². The average molecular weight is 561 g/mol.